The van der Waals surface area contributed by atoms with Gasteiger partial charge < -0.3 is 10.5 Å². The zero-order valence-corrected chi connectivity index (χ0v) is 8.92. The van der Waals surface area contributed by atoms with Crippen LogP contribution in [0.3, 0.4) is 0 Å². The molecule has 0 bridgehead atoms. The zero-order chi connectivity index (χ0) is 11.0. The van der Waals surface area contributed by atoms with Crippen molar-refractivity contribution in [2.45, 2.75) is 45.6 Å². The van der Waals surface area contributed by atoms with Crippen LogP contribution in [0.4, 0.5) is 0 Å². The van der Waals surface area contributed by atoms with Crippen LogP contribution in [0.15, 0.2) is 0 Å². The van der Waals surface area contributed by atoms with E-state index in [4.69, 9.17) is 10.5 Å². The van der Waals surface area contributed by atoms with Crippen LogP contribution in [0.2, 0.25) is 0 Å². The molecule has 0 radical (unpaired) electrons. The maximum atomic E-state index is 11.4. The molecule has 0 saturated heterocycles. The van der Waals surface area contributed by atoms with Crippen LogP contribution in [-0.2, 0) is 14.3 Å². The highest BCUT2D eigenvalue weighted by atomic mass is 16.6. The maximum Gasteiger partial charge on any atom is 0.307 e. The highest BCUT2D eigenvalue weighted by Crippen LogP contribution is 2.48. The number of esters is 1. The first kappa shape index (κ1) is 11.0. The molecule has 1 fully saturated rings. The number of carbonyl (C=O) groups excluding carboxylic acids is 2. The molecule has 4 nitrogen and oxygen atoms in total. The fraction of sp³-hybridized carbons (Fsp3) is 0.800. The third kappa shape index (κ3) is 2.72. The van der Waals surface area contributed by atoms with Crippen LogP contribution in [0.25, 0.3) is 0 Å². The Hall–Kier alpha value is -1.06. The molecule has 0 aromatic rings. The van der Waals surface area contributed by atoms with Crippen molar-refractivity contribution in [3.63, 3.8) is 0 Å². The van der Waals surface area contributed by atoms with E-state index < -0.39 is 11.0 Å². The van der Waals surface area contributed by atoms with Crippen molar-refractivity contribution in [3.8, 4) is 0 Å². The topological polar surface area (TPSA) is 69.4 Å². The van der Waals surface area contributed by atoms with Crippen LogP contribution in [-0.4, -0.2) is 17.5 Å². The van der Waals surface area contributed by atoms with Gasteiger partial charge in [0.1, 0.15) is 5.60 Å². The zero-order valence-electron chi connectivity index (χ0n) is 8.92. The number of hydrogen-bond acceptors (Lipinski definition) is 3. The molecule has 4 heteroatoms. The highest BCUT2D eigenvalue weighted by Gasteiger charge is 2.50. The Morgan fingerprint density at radius 2 is 1.86 bits per heavy atom. The van der Waals surface area contributed by atoms with Crippen molar-refractivity contribution in [1.29, 1.82) is 0 Å². The van der Waals surface area contributed by atoms with Gasteiger partial charge in [-0.05, 0) is 33.6 Å². The van der Waals surface area contributed by atoms with Crippen molar-refractivity contribution in [1.82, 2.24) is 0 Å². The molecule has 1 amide bonds. The third-order valence-electron chi connectivity index (χ3n) is 2.28. The summed E-state index contributed by atoms with van der Waals surface area (Å²) in [4.78, 5) is 22.4. The van der Waals surface area contributed by atoms with E-state index in [1.807, 2.05) is 0 Å². The van der Waals surface area contributed by atoms with Crippen molar-refractivity contribution in [2.24, 2.45) is 11.1 Å². The van der Waals surface area contributed by atoms with E-state index in [-0.39, 0.29) is 18.3 Å². The molecule has 0 aromatic carbocycles. The maximum absolute atomic E-state index is 11.4. The first-order valence-corrected chi connectivity index (χ1v) is 4.77. The normalized spacial score (nSPS) is 18.8. The molecule has 1 aliphatic carbocycles. The number of primary amides is 1. The Morgan fingerprint density at radius 3 is 2.14 bits per heavy atom. The standard InChI is InChI=1S/C10H17NO3/c1-9(2,3)14-7(12)6-10(4-5-10)8(11)13/h4-6H2,1-3H3,(H2,11,13). The van der Waals surface area contributed by atoms with E-state index in [0.717, 1.165) is 0 Å². The van der Waals surface area contributed by atoms with Crippen LogP contribution in [0, 0.1) is 5.41 Å². The monoisotopic (exact) mass is 199 g/mol. The van der Waals surface area contributed by atoms with Crippen LogP contribution in [0.1, 0.15) is 40.0 Å². The van der Waals surface area contributed by atoms with Crippen molar-refractivity contribution in [3.05, 3.63) is 0 Å². The van der Waals surface area contributed by atoms with Gasteiger partial charge in [-0.15, -0.1) is 0 Å². The van der Waals surface area contributed by atoms with Gasteiger partial charge in [-0.1, -0.05) is 0 Å². The van der Waals surface area contributed by atoms with E-state index in [1.165, 1.54) is 0 Å². The van der Waals surface area contributed by atoms with E-state index in [9.17, 15) is 9.59 Å². The number of nitrogens with two attached hydrogens (primary N) is 1. The number of rotatable bonds is 3. The summed E-state index contributed by atoms with van der Waals surface area (Å²) in [6.07, 6.45) is 1.54. The number of hydrogen-bond donors (Lipinski definition) is 1. The van der Waals surface area contributed by atoms with E-state index >= 15 is 0 Å². The summed E-state index contributed by atoms with van der Waals surface area (Å²) in [5.41, 5.74) is 4.11. The molecule has 1 aliphatic rings. The average Bonchev–Trinajstić information content (AvgIpc) is 2.63. The minimum Gasteiger partial charge on any atom is -0.460 e. The summed E-state index contributed by atoms with van der Waals surface area (Å²) in [5, 5.41) is 0. The molecule has 1 saturated carbocycles. The molecule has 14 heavy (non-hydrogen) atoms. The van der Waals surface area contributed by atoms with Gasteiger partial charge >= 0.3 is 5.97 Å². The van der Waals surface area contributed by atoms with E-state index in [2.05, 4.69) is 0 Å². The van der Waals surface area contributed by atoms with Gasteiger partial charge in [0.2, 0.25) is 5.91 Å². The van der Waals surface area contributed by atoms with Gasteiger partial charge in [-0.2, -0.15) is 0 Å². The average molecular weight is 199 g/mol. The first-order chi connectivity index (χ1) is 6.25. The molecule has 0 aromatic heterocycles. The van der Waals surface area contributed by atoms with Gasteiger partial charge in [-0.25, -0.2) is 0 Å². The van der Waals surface area contributed by atoms with E-state index in [0.29, 0.717) is 12.8 Å². The largest absolute Gasteiger partial charge is 0.460 e. The summed E-state index contributed by atoms with van der Waals surface area (Å²) in [5.74, 6) is -0.725. The van der Waals surface area contributed by atoms with Gasteiger partial charge in [0.15, 0.2) is 0 Å². The second-order valence-corrected chi connectivity index (χ2v) is 4.91. The van der Waals surface area contributed by atoms with E-state index in [1.54, 1.807) is 20.8 Å². The van der Waals surface area contributed by atoms with Gasteiger partial charge in [0, 0.05) is 0 Å². The second-order valence-electron chi connectivity index (χ2n) is 4.91. The van der Waals surface area contributed by atoms with Crippen molar-refractivity contribution in [2.75, 3.05) is 0 Å². The molecular weight excluding hydrogens is 182 g/mol. The van der Waals surface area contributed by atoms with Crippen LogP contribution >= 0.6 is 0 Å². The molecule has 0 spiro atoms. The third-order valence-corrected chi connectivity index (χ3v) is 2.28. The number of carbonyl (C=O) groups is 2. The lowest BCUT2D eigenvalue weighted by Crippen LogP contribution is -2.31. The fourth-order valence-electron chi connectivity index (χ4n) is 1.32. The second kappa shape index (κ2) is 3.26. The van der Waals surface area contributed by atoms with Gasteiger partial charge in [0.05, 0.1) is 11.8 Å². The predicted molar refractivity (Wildman–Crippen MR) is 51.3 cm³/mol. The van der Waals surface area contributed by atoms with Gasteiger partial charge in [0.25, 0.3) is 0 Å². The van der Waals surface area contributed by atoms with Gasteiger partial charge in [-0.3, -0.25) is 9.59 Å². The Bertz CT molecular complexity index is 261. The first-order valence-electron chi connectivity index (χ1n) is 4.77. The molecule has 0 unspecified atom stereocenters. The Labute approximate surface area is 83.8 Å². The van der Waals surface area contributed by atoms with Crippen LogP contribution in [0.5, 0.6) is 0 Å². The molecule has 0 aliphatic heterocycles. The van der Waals surface area contributed by atoms with Crippen molar-refractivity contribution < 1.29 is 14.3 Å². The summed E-state index contributed by atoms with van der Waals surface area (Å²) in [6.45, 7) is 5.40. The Morgan fingerprint density at radius 1 is 1.36 bits per heavy atom. The SMILES string of the molecule is CC(C)(C)OC(=O)CC1(C(N)=O)CC1. The molecule has 0 heterocycles. The quantitative estimate of drug-likeness (QED) is 0.689. The predicted octanol–water partition coefficient (Wildman–Crippen LogP) is 0.984. The molecule has 80 valence electrons. The number of amides is 1. The molecule has 0 atom stereocenters. The van der Waals surface area contributed by atoms with Crippen molar-refractivity contribution >= 4 is 11.9 Å². The van der Waals surface area contributed by atoms with Crippen LogP contribution < -0.4 is 5.73 Å². The minimum atomic E-state index is -0.595. The summed E-state index contributed by atoms with van der Waals surface area (Å²) < 4.78 is 5.12. The lowest BCUT2D eigenvalue weighted by atomic mass is 10.0. The lowest BCUT2D eigenvalue weighted by Gasteiger charge is -2.20. The Balaban J connectivity index is 2.46. The molecule has 1 rings (SSSR count). The fourth-order valence-corrected chi connectivity index (χ4v) is 1.32. The Kier molecular flexibility index (Phi) is 2.56. The summed E-state index contributed by atoms with van der Waals surface area (Å²) >= 11 is 0. The summed E-state index contributed by atoms with van der Waals surface area (Å²) in [6, 6.07) is 0. The number of ether oxygens (including phenoxy) is 1. The summed E-state index contributed by atoms with van der Waals surface area (Å²) in [7, 11) is 0. The smallest absolute Gasteiger partial charge is 0.307 e. The minimum absolute atomic E-state index is 0.125. The lowest BCUT2D eigenvalue weighted by molar-refractivity contribution is -0.157. The highest BCUT2D eigenvalue weighted by molar-refractivity contribution is 5.88. The molecular formula is C10H17NO3. The molecule has 2 N–H and O–H groups in total.